The third-order valence-electron chi connectivity index (χ3n) is 10.7. The van der Waals surface area contributed by atoms with E-state index in [1.54, 1.807) is 19.3 Å². The topological polar surface area (TPSA) is 9.23 Å². The molecule has 0 aromatic heterocycles. The molecule has 0 aromatic rings. The van der Waals surface area contributed by atoms with Crippen molar-refractivity contribution in [2.45, 2.75) is 124 Å². The molecule has 1 heteroatoms. The van der Waals surface area contributed by atoms with E-state index in [9.17, 15) is 0 Å². The van der Waals surface area contributed by atoms with Gasteiger partial charge in [0.15, 0.2) is 0 Å². The van der Waals surface area contributed by atoms with E-state index in [1.165, 1.54) is 57.8 Å². The highest BCUT2D eigenvalue weighted by Gasteiger charge is 2.59. The van der Waals surface area contributed by atoms with E-state index in [-0.39, 0.29) is 5.60 Å². The normalized spacial score (nSPS) is 45.9. The summed E-state index contributed by atoms with van der Waals surface area (Å²) >= 11 is 0. The number of fused-ring (bicyclic) bond motifs is 5. The summed E-state index contributed by atoms with van der Waals surface area (Å²) in [5.74, 6) is 6.01. The maximum atomic E-state index is 6.01. The van der Waals surface area contributed by atoms with Gasteiger partial charge in [-0.25, -0.2) is 0 Å². The molecule has 0 saturated heterocycles. The van der Waals surface area contributed by atoms with Gasteiger partial charge >= 0.3 is 0 Å². The van der Waals surface area contributed by atoms with Crippen LogP contribution in [0.15, 0.2) is 0 Å². The average molecular weight is 403 g/mol. The van der Waals surface area contributed by atoms with Gasteiger partial charge in [-0.1, -0.05) is 33.6 Å². The van der Waals surface area contributed by atoms with Gasteiger partial charge in [0.05, 0.1) is 5.60 Å². The van der Waals surface area contributed by atoms with Crippen LogP contribution in [0.3, 0.4) is 0 Å². The summed E-state index contributed by atoms with van der Waals surface area (Å²) < 4.78 is 6.01. The van der Waals surface area contributed by atoms with Crippen LogP contribution in [0.4, 0.5) is 0 Å². The SMILES string of the molecule is C[C@H](CCCOC(C)(C)C)[C@H]1CC[C@H]2[C@@H]3CC[C@@H]4CCCC[C@]4(C)[C@H]3CC[C@]12C. The summed E-state index contributed by atoms with van der Waals surface area (Å²) in [7, 11) is 0. The lowest BCUT2D eigenvalue weighted by Crippen LogP contribution is -2.53. The summed E-state index contributed by atoms with van der Waals surface area (Å²) in [5.41, 5.74) is 1.33. The third kappa shape index (κ3) is 4.08. The molecule has 168 valence electrons. The smallest absolute Gasteiger partial charge is 0.0598 e. The highest BCUT2D eigenvalue weighted by atomic mass is 16.5. The summed E-state index contributed by atoms with van der Waals surface area (Å²) in [6.45, 7) is 15.5. The molecule has 29 heavy (non-hydrogen) atoms. The summed E-state index contributed by atoms with van der Waals surface area (Å²) in [6.07, 6.45) is 17.9. The molecule has 0 aliphatic heterocycles. The van der Waals surface area contributed by atoms with Crippen molar-refractivity contribution in [3.05, 3.63) is 0 Å². The van der Waals surface area contributed by atoms with Crippen molar-refractivity contribution in [1.29, 1.82) is 0 Å². The molecule has 8 atom stereocenters. The van der Waals surface area contributed by atoms with Gasteiger partial charge in [0.2, 0.25) is 0 Å². The molecular weight excluding hydrogens is 352 g/mol. The van der Waals surface area contributed by atoms with Gasteiger partial charge in [0, 0.05) is 6.61 Å². The number of ether oxygens (including phenoxy) is 1. The molecular formula is C28H50O. The fourth-order valence-electron chi connectivity index (χ4n) is 9.26. The molecule has 0 heterocycles. The van der Waals surface area contributed by atoms with E-state index >= 15 is 0 Å². The standard InChI is InChI=1S/C28H50O/c1-20(10-9-19-29-26(2,3)4)23-14-15-24-22-13-12-21-11-7-8-17-27(21,5)25(22)16-18-28(23,24)6/h20-25H,7-19H2,1-6H3/t20-,21+,22+,23-,24+,25+,27+,28-/m1/s1. The average Bonchev–Trinajstić information content (AvgIpc) is 3.01. The minimum atomic E-state index is 0.0140. The predicted molar refractivity (Wildman–Crippen MR) is 124 cm³/mol. The van der Waals surface area contributed by atoms with Gasteiger partial charge < -0.3 is 4.74 Å². The fraction of sp³-hybridized carbons (Fsp3) is 1.00. The maximum absolute atomic E-state index is 6.01. The van der Waals surface area contributed by atoms with E-state index in [0.717, 1.165) is 42.1 Å². The summed E-state index contributed by atoms with van der Waals surface area (Å²) in [4.78, 5) is 0. The fourth-order valence-corrected chi connectivity index (χ4v) is 9.26. The summed E-state index contributed by atoms with van der Waals surface area (Å²) in [5, 5.41) is 0. The third-order valence-corrected chi connectivity index (χ3v) is 10.7. The molecule has 4 rings (SSSR count). The molecule has 1 nitrogen and oxygen atoms in total. The van der Waals surface area contributed by atoms with Crippen molar-refractivity contribution in [2.75, 3.05) is 6.61 Å². The monoisotopic (exact) mass is 402 g/mol. The van der Waals surface area contributed by atoms with Gasteiger partial charge in [-0.3, -0.25) is 0 Å². The van der Waals surface area contributed by atoms with Gasteiger partial charge in [-0.15, -0.1) is 0 Å². The Labute approximate surface area is 182 Å². The second-order valence-electron chi connectivity index (χ2n) is 13.2. The second kappa shape index (κ2) is 8.14. The van der Waals surface area contributed by atoms with Crippen molar-refractivity contribution in [3.8, 4) is 0 Å². The zero-order valence-corrected chi connectivity index (χ0v) is 20.6. The Kier molecular flexibility index (Phi) is 6.22. The maximum Gasteiger partial charge on any atom is 0.0598 e. The Morgan fingerprint density at radius 2 is 1.62 bits per heavy atom. The molecule has 0 unspecified atom stereocenters. The first-order valence-corrected chi connectivity index (χ1v) is 13.3. The molecule has 0 amide bonds. The van der Waals surface area contributed by atoms with Gasteiger partial charge in [-0.2, -0.15) is 0 Å². The number of hydrogen-bond acceptors (Lipinski definition) is 1. The van der Waals surface area contributed by atoms with Crippen LogP contribution >= 0.6 is 0 Å². The van der Waals surface area contributed by atoms with Crippen LogP contribution in [0.2, 0.25) is 0 Å². The first kappa shape index (κ1) is 22.2. The highest BCUT2D eigenvalue weighted by molar-refractivity contribution is 5.09. The molecule has 0 aromatic carbocycles. The first-order chi connectivity index (χ1) is 13.7. The summed E-state index contributed by atoms with van der Waals surface area (Å²) in [6, 6.07) is 0. The Hall–Kier alpha value is -0.0400. The van der Waals surface area contributed by atoms with E-state index in [1.807, 2.05) is 0 Å². The zero-order chi connectivity index (χ0) is 20.9. The van der Waals surface area contributed by atoms with E-state index in [4.69, 9.17) is 4.74 Å². The van der Waals surface area contributed by atoms with Gasteiger partial charge in [-0.05, 0) is 131 Å². The lowest BCUT2D eigenvalue weighted by atomic mass is 9.44. The first-order valence-electron chi connectivity index (χ1n) is 13.3. The van der Waals surface area contributed by atoms with Crippen LogP contribution in [0.25, 0.3) is 0 Å². The number of hydrogen-bond donors (Lipinski definition) is 0. The van der Waals surface area contributed by atoms with Crippen molar-refractivity contribution in [3.63, 3.8) is 0 Å². The Morgan fingerprint density at radius 3 is 2.38 bits per heavy atom. The van der Waals surface area contributed by atoms with Crippen LogP contribution in [0.1, 0.15) is 119 Å². The van der Waals surface area contributed by atoms with Crippen molar-refractivity contribution in [2.24, 2.45) is 46.3 Å². The molecule has 0 bridgehead atoms. The Bertz CT molecular complexity index is 561. The molecule has 0 spiro atoms. The minimum Gasteiger partial charge on any atom is -0.376 e. The Morgan fingerprint density at radius 1 is 0.862 bits per heavy atom. The molecule has 4 aliphatic carbocycles. The van der Waals surface area contributed by atoms with E-state index in [0.29, 0.717) is 10.8 Å². The van der Waals surface area contributed by atoms with Gasteiger partial charge in [0.25, 0.3) is 0 Å². The Balaban J connectivity index is 1.40. The number of rotatable bonds is 5. The highest BCUT2D eigenvalue weighted by Crippen LogP contribution is 2.68. The molecule has 4 aliphatic rings. The largest absolute Gasteiger partial charge is 0.376 e. The van der Waals surface area contributed by atoms with Crippen molar-refractivity contribution in [1.82, 2.24) is 0 Å². The van der Waals surface area contributed by atoms with E-state index in [2.05, 4.69) is 41.5 Å². The molecule has 0 N–H and O–H groups in total. The minimum absolute atomic E-state index is 0.0140. The van der Waals surface area contributed by atoms with Crippen LogP contribution in [0.5, 0.6) is 0 Å². The quantitative estimate of drug-likeness (QED) is 0.420. The van der Waals surface area contributed by atoms with Crippen LogP contribution in [0, 0.1) is 46.3 Å². The second-order valence-corrected chi connectivity index (χ2v) is 13.2. The lowest BCUT2D eigenvalue weighted by Gasteiger charge is -2.61. The van der Waals surface area contributed by atoms with Crippen LogP contribution in [-0.4, -0.2) is 12.2 Å². The zero-order valence-electron chi connectivity index (χ0n) is 20.6. The van der Waals surface area contributed by atoms with Gasteiger partial charge in [0.1, 0.15) is 0 Å². The van der Waals surface area contributed by atoms with Crippen molar-refractivity contribution >= 4 is 0 Å². The molecule has 4 saturated carbocycles. The van der Waals surface area contributed by atoms with Crippen molar-refractivity contribution < 1.29 is 4.74 Å². The lowest BCUT2D eigenvalue weighted by molar-refractivity contribution is -0.114. The molecule has 4 fully saturated rings. The predicted octanol–water partition coefficient (Wildman–Crippen LogP) is 8.27. The van der Waals surface area contributed by atoms with Crippen LogP contribution in [-0.2, 0) is 4.74 Å². The molecule has 0 radical (unpaired) electrons. The van der Waals surface area contributed by atoms with E-state index < -0.39 is 0 Å². The van der Waals surface area contributed by atoms with Crippen LogP contribution < -0.4 is 0 Å².